The minimum atomic E-state index is -3.15. The van der Waals surface area contributed by atoms with Gasteiger partial charge in [-0.05, 0) is 93.5 Å². The fourth-order valence-corrected chi connectivity index (χ4v) is 15.0. The lowest BCUT2D eigenvalue weighted by atomic mass is 10.1. The number of aromatic nitrogens is 2. The fraction of sp³-hybridized carbons (Fsp3) is 0. The summed E-state index contributed by atoms with van der Waals surface area (Å²) in [7, 11) is -3.15. The van der Waals surface area contributed by atoms with Gasteiger partial charge in [-0.3, -0.25) is 0 Å². The Morgan fingerprint density at radius 1 is 0.387 bits per heavy atom. The largest absolute Gasteiger partial charge is 0.456 e. The molecule has 0 bridgehead atoms. The van der Waals surface area contributed by atoms with Gasteiger partial charge in [0.05, 0.1) is 45.0 Å². The summed E-state index contributed by atoms with van der Waals surface area (Å²) in [6.45, 7) is 0. The third-order valence-electron chi connectivity index (χ3n) is 12.7. The number of hydrogen-bond donors (Lipinski definition) is 0. The number of benzene rings is 9. The Labute approximate surface area is 357 Å². The van der Waals surface area contributed by atoms with Crippen LogP contribution in [0, 0.1) is 22.7 Å². The lowest BCUT2D eigenvalue weighted by molar-refractivity contribution is 0.669. The molecule has 0 radical (unpaired) electrons. The predicted molar refractivity (Wildman–Crippen MR) is 255 cm³/mol. The second kappa shape index (κ2) is 13.8. The van der Waals surface area contributed by atoms with Crippen LogP contribution in [0.15, 0.2) is 211 Å². The van der Waals surface area contributed by atoms with E-state index in [1.54, 1.807) is 0 Å². The Bertz CT molecular complexity index is 3810. The average molecular weight is 807 g/mol. The molecule has 0 aliphatic heterocycles. The van der Waals surface area contributed by atoms with Gasteiger partial charge < -0.3 is 13.6 Å². The first-order valence-corrected chi connectivity index (χ1v) is 22.7. The molecule has 5 nitrogen and oxygen atoms in total. The Morgan fingerprint density at radius 3 is 1.74 bits per heavy atom. The SMILES string of the molecule is N#Cc1ccc2c(c1)c1ccccc1n2-c1ccc([Si](c2ccccc2)(c2ccccc2)c2cccc(-n3c4ccccc4c4c5c(ccc43)oc3ccccc35)c2)cc1C#N. The molecule has 288 valence electrons. The summed E-state index contributed by atoms with van der Waals surface area (Å²) in [5.74, 6) is 0. The molecule has 12 rings (SSSR count). The molecule has 0 atom stereocenters. The quantitative estimate of drug-likeness (QED) is 0.124. The molecule has 3 aromatic heterocycles. The third-order valence-corrected chi connectivity index (χ3v) is 17.5. The highest BCUT2D eigenvalue weighted by molar-refractivity contribution is 7.20. The van der Waals surface area contributed by atoms with E-state index in [0.29, 0.717) is 11.1 Å². The van der Waals surface area contributed by atoms with Crippen molar-refractivity contribution < 1.29 is 4.42 Å². The van der Waals surface area contributed by atoms with Gasteiger partial charge >= 0.3 is 0 Å². The van der Waals surface area contributed by atoms with Crippen molar-refractivity contribution in [3.63, 3.8) is 0 Å². The van der Waals surface area contributed by atoms with Gasteiger partial charge in [-0.15, -0.1) is 0 Å². The first-order chi connectivity index (χ1) is 30.7. The summed E-state index contributed by atoms with van der Waals surface area (Å²) in [5, 5.41) is 32.3. The van der Waals surface area contributed by atoms with Gasteiger partial charge in [0.1, 0.15) is 17.2 Å². The summed E-state index contributed by atoms with van der Waals surface area (Å²) in [5.41, 5.74) is 8.95. The lowest BCUT2D eigenvalue weighted by Gasteiger charge is -2.35. The van der Waals surface area contributed by atoms with E-state index >= 15 is 0 Å². The van der Waals surface area contributed by atoms with E-state index in [4.69, 9.17) is 4.42 Å². The lowest BCUT2D eigenvalue weighted by Crippen LogP contribution is -2.74. The first-order valence-electron chi connectivity index (χ1n) is 20.7. The van der Waals surface area contributed by atoms with E-state index in [2.05, 4.69) is 185 Å². The Kier molecular flexibility index (Phi) is 7.92. The highest BCUT2D eigenvalue weighted by Gasteiger charge is 2.42. The van der Waals surface area contributed by atoms with Gasteiger partial charge in [-0.25, -0.2) is 0 Å². The van der Waals surface area contributed by atoms with Crippen LogP contribution in [-0.2, 0) is 0 Å². The molecule has 0 saturated carbocycles. The van der Waals surface area contributed by atoms with Crippen molar-refractivity contribution in [2.45, 2.75) is 0 Å². The molecular formula is C56H34N4OSi. The topological polar surface area (TPSA) is 70.6 Å². The van der Waals surface area contributed by atoms with Crippen LogP contribution in [-0.4, -0.2) is 17.2 Å². The molecule has 0 aliphatic carbocycles. The second-order valence-corrected chi connectivity index (χ2v) is 19.7. The minimum Gasteiger partial charge on any atom is -0.456 e. The zero-order valence-corrected chi connectivity index (χ0v) is 34.3. The normalized spacial score (nSPS) is 11.8. The first kappa shape index (κ1) is 35.5. The monoisotopic (exact) mass is 806 g/mol. The number of nitrogens with zero attached hydrogens (tertiary/aromatic N) is 4. The van der Waals surface area contributed by atoms with Gasteiger partial charge in [-0.1, -0.05) is 133 Å². The standard InChI is InChI=1S/C56H34N4OSi/c57-35-37-26-28-51-47(32-37)44-20-7-10-23-49(44)60(51)48-29-27-43(33-38(48)36-58)62(40-15-3-1-4-16-40,41-17-5-2-6-18-41)42-19-13-14-39(34-42)59-50-24-11-8-21-45(50)55-52(59)30-31-54-56(55)46-22-9-12-25-53(46)61-54/h1-34H. The number of hydrogen-bond acceptors (Lipinski definition) is 3. The van der Waals surface area contributed by atoms with Gasteiger partial charge in [-0.2, -0.15) is 10.5 Å². The fourth-order valence-electron chi connectivity index (χ4n) is 10.2. The van der Waals surface area contributed by atoms with Crippen LogP contribution in [0.4, 0.5) is 0 Å². The van der Waals surface area contributed by atoms with Gasteiger partial charge in [0, 0.05) is 38.0 Å². The second-order valence-electron chi connectivity index (χ2n) is 15.9. The molecule has 0 unspecified atom stereocenters. The van der Waals surface area contributed by atoms with Crippen LogP contribution in [0.25, 0.3) is 76.9 Å². The number of rotatable bonds is 6. The number of furan rings is 1. The predicted octanol–water partition coefficient (Wildman–Crippen LogP) is 10.9. The van der Waals surface area contributed by atoms with Crippen molar-refractivity contribution in [2.75, 3.05) is 0 Å². The Balaban J connectivity index is 1.14. The molecule has 62 heavy (non-hydrogen) atoms. The maximum Gasteiger partial charge on any atom is 0.179 e. The molecule has 0 spiro atoms. The molecular weight excluding hydrogens is 773 g/mol. The minimum absolute atomic E-state index is 0.577. The van der Waals surface area contributed by atoms with E-state index in [-0.39, 0.29) is 0 Å². The smallest absolute Gasteiger partial charge is 0.179 e. The van der Waals surface area contributed by atoms with Gasteiger partial charge in [0.25, 0.3) is 0 Å². The van der Waals surface area contributed by atoms with Crippen LogP contribution in [0.3, 0.4) is 0 Å². The van der Waals surface area contributed by atoms with E-state index in [1.807, 2.05) is 42.5 Å². The van der Waals surface area contributed by atoms with Crippen LogP contribution >= 0.6 is 0 Å². The van der Waals surface area contributed by atoms with Crippen molar-refractivity contribution in [1.82, 2.24) is 9.13 Å². The van der Waals surface area contributed by atoms with Crippen LogP contribution in [0.2, 0.25) is 0 Å². The average Bonchev–Trinajstić information content (AvgIpc) is 4.00. The molecule has 0 saturated heterocycles. The van der Waals surface area contributed by atoms with E-state index in [0.717, 1.165) is 71.3 Å². The molecule has 6 heteroatoms. The Morgan fingerprint density at radius 2 is 1.00 bits per heavy atom. The number of fused-ring (bicyclic) bond motifs is 10. The van der Waals surface area contributed by atoms with Crippen LogP contribution in [0.5, 0.6) is 0 Å². The summed E-state index contributed by atoms with van der Waals surface area (Å²) < 4.78 is 11.0. The summed E-state index contributed by atoms with van der Waals surface area (Å²) in [6.07, 6.45) is 0. The summed E-state index contributed by atoms with van der Waals surface area (Å²) >= 11 is 0. The van der Waals surface area contributed by atoms with E-state index < -0.39 is 8.07 Å². The molecule has 0 N–H and O–H groups in total. The zero-order chi connectivity index (χ0) is 41.4. The molecule has 0 aliphatic rings. The molecule has 3 heterocycles. The van der Waals surface area contributed by atoms with Crippen molar-refractivity contribution in [2.24, 2.45) is 0 Å². The van der Waals surface area contributed by atoms with Crippen molar-refractivity contribution in [1.29, 1.82) is 10.5 Å². The summed E-state index contributed by atoms with van der Waals surface area (Å²) in [4.78, 5) is 0. The van der Waals surface area contributed by atoms with E-state index in [9.17, 15) is 10.5 Å². The highest BCUT2D eigenvalue weighted by Crippen LogP contribution is 2.41. The van der Waals surface area contributed by atoms with E-state index in [1.165, 1.54) is 26.3 Å². The molecule has 12 aromatic rings. The Hall–Kier alpha value is -8.42. The zero-order valence-electron chi connectivity index (χ0n) is 33.3. The maximum absolute atomic E-state index is 11.1. The molecule has 9 aromatic carbocycles. The number of para-hydroxylation sites is 3. The number of nitriles is 2. The van der Waals surface area contributed by atoms with Crippen LogP contribution < -0.4 is 20.7 Å². The van der Waals surface area contributed by atoms with Crippen molar-refractivity contribution >= 4 is 94.4 Å². The van der Waals surface area contributed by atoms with Crippen molar-refractivity contribution in [3.05, 3.63) is 217 Å². The van der Waals surface area contributed by atoms with Gasteiger partial charge in [0.2, 0.25) is 0 Å². The molecule has 0 fully saturated rings. The van der Waals surface area contributed by atoms with Gasteiger partial charge in [0.15, 0.2) is 8.07 Å². The highest BCUT2D eigenvalue weighted by atomic mass is 28.3. The molecule has 0 amide bonds. The van der Waals surface area contributed by atoms with Crippen LogP contribution in [0.1, 0.15) is 11.1 Å². The summed E-state index contributed by atoms with van der Waals surface area (Å²) in [6, 6.07) is 77.5. The van der Waals surface area contributed by atoms with Crippen molar-refractivity contribution in [3.8, 4) is 23.5 Å². The maximum atomic E-state index is 11.1. The third kappa shape index (κ3) is 5.05.